The van der Waals surface area contributed by atoms with Crippen LogP contribution >= 0.6 is 0 Å². The maximum absolute atomic E-state index is 11.2. The molecular weight excluding hydrogens is 272 g/mol. The summed E-state index contributed by atoms with van der Waals surface area (Å²) in [5.41, 5.74) is 0. The zero-order valence-corrected chi connectivity index (χ0v) is 13.2. The lowest BCUT2D eigenvalue weighted by Crippen LogP contribution is -2.20. The van der Waals surface area contributed by atoms with Gasteiger partial charge in [-0.15, -0.1) is 0 Å². The molecule has 1 fully saturated rings. The first kappa shape index (κ1) is 17.9. The lowest BCUT2D eigenvalue weighted by Gasteiger charge is -2.15. The molecule has 0 amide bonds. The fourth-order valence-corrected chi connectivity index (χ4v) is 2.12. The molecule has 1 heterocycles. The summed E-state index contributed by atoms with van der Waals surface area (Å²) in [4.78, 5) is 11.2. The van der Waals surface area contributed by atoms with E-state index in [9.17, 15) is 9.90 Å². The molecule has 1 rings (SSSR count). The van der Waals surface area contributed by atoms with Gasteiger partial charge in [0.1, 0.15) is 12.2 Å². The SMILES string of the molecule is COC(=O)/C=C/[C@H]1OC(C)(C)O[C@@H]1/C=C/CCC[C@@H](C)O. The van der Waals surface area contributed by atoms with Crippen LogP contribution in [0.25, 0.3) is 0 Å². The maximum Gasteiger partial charge on any atom is 0.330 e. The molecule has 0 aromatic heterocycles. The van der Waals surface area contributed by atoms with Crippen LogP contribution < -0.4 is 0 Å². The highest BCUT2D eigenvalue weighted by atomic mass is 16.7. The Kier molecular flexibility index (Phi) is 7.08. The van der Waals surface area contributed by atoms with Gasteiger partial charge in [-0.1, -0.05) is 12.2 Å². The van der Waals surface area contributed by atoms with Gasteiger partial charge < -0.3 is 19.3 Å². The molecule has 0 saturated carbocycles. The average molecular weight is 298 g/mol. The second kappa shape index (κ2) is 8.32. The number of hydrogen-bond donors (Lipinski definition) is 1. The first-order chi connectivity index (χ1) is 9.84. The van der Waals surface area contributed by atoms with E-state index in [-0.39, 0.29) is 18.3 Å². The van der Waals surface area contributed by atoms with Crippen molar-refractivity contribution >= 4 is 5.97 Å². The molecule has 0 radical (unpaired) electrons. The van der Waals surface area contributed by atoms with Gasteiger partial charge in [0.25, 0.3) is 0 Å². The van der Waals surface area contributed by atoms with Gasteiger partial charge in [-0.2, -0.15) is 0 Å². The summed E-state index contributed by atoms with van der Waals surface area (Å²) in [5, 5.41) is 9.20. The number of hydrogen-bond acceptors (Lipinski definition) is 5. The van der Waals surface area contributed by atoms with E-state index in [1.807, 2.05) is 26.0 Å². The number of unbranched alkanes of at least 4 members (excludes halogenated alkanes) is 1. The molecule has 120 valence electrons. The molecule has 1 saturated heterocycles. The monoisotopic (exact) mass is 298 g/mol. The van der Waals surface area contributed by atoms with E-state index >= 15 is 0 Å². The van der Waals surface area contributed by atoms with Crippen LogP contribution in [0.5, 0.6) is 0 Å². The summed E-state index contributed by atoms with van der Waals surface area (Å²) in [5.74, 6) is -1.09. The average Bonchev–Trinajstić information content (AvgIpc) is 2.69. The van der Waals surface area contributed by atoms with E-state index in [0.29, 0.717) is 0 Å². The van der Waals surface area contributed by atoms with Gasteiger partial charge in [-0.05, 0) is 46.1 Å². The Hall–Kier alpha value is -1.17. The van der Waals surface area contributed by atoms with Crippen LogP contribution in [0.1, 0.15) is 40.0 Å². The van der Waals surface area contributed by atoms with Crippen molar-refractivity contribution in [3.8, 4) is 0 Å². The second-order valence-corrected chi connectivity index (χ2v) is 5.66. The van der Waals surface area contributed by atoms with Crippen molar-refractivity contribution in [2.75, 3.05) is 7.11 Å². The molecule has 5 nitrogen and oxygen atoms in total. The lowest BCUT2D eigenvalue weighted by molar-refractivity contribution is -0.139. The standard InChI is InChI=1S/C16H26O5/c1-12(17)8-6-5-7-9-13-14(10-11-15(18)19-4)21-16(2,3)20-13/h7,9-14,17H,5-6,8H2,1-4H3/b9-7+,11-10+/t12-,13-,14-/m1/s1. The zero-order chi connectivity index (χ0) is 15.9. The van der Waals surface area contributed by atoms with Crippen LogP contribution in [0, 0.1) is 0 Å². The molecule has 1 aliphatic heterocycles. The number of rotatable bonds is 7. The molecule has 0 aliphatic carbocycles. The van der Waals surface area contributed by atoms with Gasteiger partial charge in [-0.25, -0.2) is 4.79 Å². The smallest absolute Gasteiger partial charge is 0.330 e. The van der Waals surface area contributed by atoms with E-state index in [4.69, 9.17) is 9.47 Å². The number of aliphatic hydroxyl groups excluding tert-OH is 1. The van der Waals surface area contributed by atoms with Crippen LogP contribution in [0.3, 0.4) is 0 Å². The summed E-state index contributed by atoms with van der Waals surface area (Å²) in [6, 6.07) is 0. The van der Waals surface area contributed by atoms with Gasteiger partial charge in [-0.3, -0.25) is 0 Å². The van der Waals surface area contributed by atoms with Crippen molar-refractivity contribution in [2.24, 2.45) is 0 Å². The van der Waals surface area contributed by atoms with Crippen LogP contribution in [0.15, 0.2) is 24.3 Å². The Balaban J connectivity index is 2.54. The van der Waals surface area contributed by atoms with Crippen molar-refractivity contribution in [1.82, 2.24) is 0 Å². The first-order valence-corrected chi connectivity index (χ1v) is 7.30. The quantitative estimate of drug-likeness (QED) is 0.338. The van der Waals surface area contributed by atoms with E-state index in [2.05, 4.69) is 4.74 Å². The highest BCUT2D eigenvalue weighted by Crippen LogP contribution is 2.29. The number of allylic oxidation sites excluding steroid dienone is 1. The number of ether oxygens (including phenoxy) is 3. The highest BCUT2D eigenvalue weighted by Gasteiger charge is 2.38. The molecule has 0 aromatic rings. The number of carbonyl (C=O) groups is 1. The van der Waals surface area contributed by atoms with Crippen LogP contribution in [-0.4, -0.2) is 42.3 Å². The normalized spacial score (nSPS) is 26.5. The lowest BCUT2D eigenvalue weighted by atomic mass is 10.1. The summed E-state index contributed by atoms with van der Waals surface area (Å²) in [7, 11) is 1.34. The number of methoxy groups -OCH3 is 1. The Bertz CT molecular complexity index is 384. The summed E-state index contributed by atoms with van der Waals surface area (Å²) < 4.78 is 16.1. The number of aliphatic hydroxyl groups is 1. The van der Waals surface area contributed by atoms with Gasteiger partial charge >= 0.3 is 5.97 Å². The Morgan fingerprint density at radius 3 is 2.52 bits per heavy atom. The third-order valence-corrected chi connectivity index (χ3v) is 3.11. The summed E-state index contributed by atoms with van der Waals surface area (Å²) >= 11 is 0. The van der Waals surface area contributed by atoms with Gasteiger partial charge in [0.05, 0.1) is 13.2 Å². The van der Waals surface area contributed by atoms with Crippen molar-refractivity contribution < 1.29 is 24.1 Å². The van der Waals surface area contributed by atoms with Crippen molar-refractivity contribution in [3.63, 3.8) is 0 Å². The predicted octanol–water partition coefficient (Wildman–Crippen LogP) is 2.34. The van der Waals surface area contributed by atoms with E-state index in [1.165, 1.54) is 13.2 Å². The molecule has 0 aromatic carbocycles. The molecule has 0 unspecified atom stereocenters. The predicted molar refractivity (Wildman–Crippen MR) is 79.7 cm³/mol. The van der Waals surface area contributed by atoms with Crippen molar-refractivity contribution in [1.29, 1.82) is 0 Å². The largest absolute Gasteiger partial charge is 0.466 e. The minimum atomic E-state index is -0.681. The minimum Gasteiger partial charge on any atom is -0.466 e. The molecule has 5 heteroatoms. The third-order valence-electron chi connectivity index (χ3n) is 3.11. The zero-order valence-electron chi connectivity index (χ0n) is 13.2. The Morgan fingerprint density at radius 1 is 1.33 bits per heavy atom. The van der Waals surface area contributed by atoms with E-state index in [1.54, 1.807) is 13.0 Å². The molecule has 1 aliphatic rings. The Morgan fingerprint density at radius 2 is 1.95 bits per heavy atom. The van der Waals surface area contributed by atoms with Gasteiger partial charge in [0.15, 0.2) is 5.79 Å². The molecule has 1 N–H and O–H groups in total. The molecule has 21 heavy (non-hydrogen) atoms. The van der Waals surface area contributed by atoms with Gasteiger partial charge in [0, 0.05) is 6.08 Å². The van der Waals surface area contributed by atoms with E-state index in [0.717, 1.165) is 19.3 Å². The fraction of sp³-hybridized carbons (Fsp3) is 0.688. The molecular formula is C16H26O5. The molecule has 0 spiro atoms. The Labute approximate surface area is 126 Å². The maximum atomic E-state index is 11.2. The van der Waals surface area contributed by atoms with Gasteiger partial charge in [0.2, 0.25) is 0 Å². The molecule has 0 bridgehead atoms. The van der Waals surface area contributed by atoms with Crippen LogP contribution in [0.4, 0.5) is 0 Å². The van der Waals surface area contributed by atoms with Crippen LogP contribution in [-0.2, 0) is 19.0 Å². The van der Waals surface area contributed by atoms with Crippen molar-refractivity contribution in [3.05, 3.63) is 24.3 Å². The number of esters is 1. The topological polar surface area (TPSA) is 65.0 Å². The van der Waals surface area contributed by atoms with E-state index < -0.39 is 11.8 Å². The highest BCUT2D eigenvalue weighted by molar-refractivity contribution is 5.81. The number of carbonyl (C=O) groups excluding carboxylic acids is 1. The fourth-order valence-electron chi connectivity index (χ4n) is 2.12. The molecule has 3 atom stereocenters. The summed E-state index contributed by atoms with van der Waals surface area (Å²) in [6.45, 7) is 5.47. The van der Waals surface area contributed by atoms with Crippen LogP contribution in [0.2, 0.25) is 0 Å². The minimum absolute atomic E-state index is 0.229. The summed E-state index contributed by atoms with van der Waals surface area (Å²) in [6.07, 6.45) is 8.75. The third kappa shape index (κ3) is 6.89. The second-order valence-electron chi connectivity index (χ2n) is 5.66. The van der Waals surface area contributed by atoms with Crippen molar-refractivity contribution in [2.45, 2.75) is 64.1 Å². The first-order valence-electron chi connectivity index (χ1n) is 7.30.